The van der Waals surface area contributed by atoms with Gasteiger partial charge in [-0.2, -0.15) is 0 Å². The Morgan fingerprint density at radius 2 is 1.74 bits per heavy atom. The molecule has 2 heterocycles. The largest absolute Gasteiger partial charge is 0.507 e. The smallest absolute Gasteiger partial charge is 0.295 e. The lowest BCUT2D eigenvalue weighted by molar-refractivity contribution is -0.384. The number of likely N-dealkylation sites (tertiary alicyclic amines) is 1. The maximum absolute atomic E-state index is 13.2. The summed E-state index contributed by atoms with van der Waals surface area (Å²) in [6.45, 7) is 7.13. The second kappa shape index (κ2) is 10.1. The van der Waals surface area contributed by atoms with Crippen LogP contribution in [-0.4, -0.2) is 70.9 Å². The number of likely N-dealkylation sites (N-methyl/N-ethyl adjacent to an activating group) is 1. The zero-order valence-electron chi connectivity index (χ0n) is 19.6. The molecule has 0 spiro atoms. The number of benzene rings is 2. The van der Waals surface area contributed by atoms with Gasteiger partial charge in [0.1, 0.15) is 19.0 Å². The van der Waals surface area contributed by atoms with Gasteiger partial charge in [0.25, 0.3) is 17.4 Å². The van der Waals surface area contributed by atoms with Crippen molar-refractivity contribution in [2.75, 3.05) is 39.4 Å². The summed E-state index contributed by atoms with van der Waals surface area (Å²) < 4.78 is 11.1. The minimum absolute atomic E-state index is 0.0694. The first-order valence-corrected chi connectivity index (χ1v) is 11.5. The van der Waals surface area contributed by atoms with Crippen molar-refractivity contribution in [1.82, 2.24) is 9.80 Å². The molecule has 2 aliphatic rings. The van der Waals surface area contributed by atoms with Crippen molar-refractivity contribution in [2.45, 2.75) is 19.9 Å². The van der Waals surface area contributed by atoms with E-state index in [1.165, 1.54) is 29.2 Å². The van der Waals surface area contributed by atoms with Crippen LogP contribution in [0.5, 0.6) is 11.5 Å². The van der Waals surface area contributed by atoms with Crippen molar-refractivity contribution >= 4 is 23.1 Å². The first-order chi connectivity index (χ1) is 16.8. The number of nitro groups is 1. The fourth-order valence-electron chi connectivity index (χ4n) is 4.37. The molecule has 0 aliphatic carbocycles. The summed E-state index contributed by atoms with van der Waals surface area (Å²) in [7, 11) is 0. The summed E-state index contributed by atoms with van der Waals surface area (Å²) in [6, 6.07) is 9.58. The maximum Gasteiger partial charge on any atom is 0.295 e. The van der Waals surface area contributed by atoms with Crippen LogP contribution in [0.1, 0.15) is 31.0 Å². The molecule has 184 valence electrons. The van der Waals surface area contributed by atoms with E-state index >= 15 is 0 Å². The number of hydrogen-bond donors (Lipinski definition) is 1. The van der Waals surface area contributed by atoms with Gasteiger partial charge in [-0.25, -0.2) is 0 Å². The van der Waals surface area contributed by atoms with Crippen LogP contribution in [0, 0.1) is 10.1 Å². The monoisotopic (exact) mass is 481 g/mol. The van der Waals surface area contributed by atoms with Crippen LogP contribution in [0.4, 0.5) is 5.69 Å². The van der Waals surface area contributed by atoms with Crippen LogP contribution >= 0.6 is 0 Å². The molecule has 2 aromatic carbocycles. The number of non-ortho nitro benzene ring substituents is 1. The number of aliphatic hydroxyl groups excluding tert-OH is 1. The van der Waals surface area contributed by atoms with Gasteiger partial charge >= 0.3 is 0 Å². The normalized spacial score (nSPS) is 18.8. The molecule has 0 radical (unpaired) electrons. The Morgan fingerprint density at radius 1 is 1.09 bits per heavy atom. The lowest BCUT2D eigenvalue weighted by Gasteiger charge is -2.28. The van der Waals surface area contributed by atoms with E-state index in [0.29, 0.717) is 42.4 Å². The molecule has 0 saturated carbocycles. The third kappa shape index (κ3) is 4.69. The summed E-state index contributed by atoms with van der Waals surface area (Å²) in [5, 5.41) is 22.4. The van der Waals surface area contributed by atoms with E-state index in [-0.39, 0.29) is 23.6 Å². The predicted molar refractivity (Wildman–Crippen MR) is 127 cm³/mol. The van der Waals surface area contributed by atoms with Gasteiger partial charge in [-0.15, -0.1) is 0 Å². The number of carbonyl (C=O) groups excluding carboxylic acids is 2. The quantitative estimate of drug-likeness (QED) is 0.201. The number of nitrogens with zero attached hydrogens (tertiary/aromatic N) is 3. The summed E-state index contributed by atoms with van der Waals surface area (Å²) in [5.41, 5.74) is 0.622. The minimum atomic E-state index is -0.889. The molecule has 2 aliphatic heterocycles. The molecule has 4 rings (SSSR count). The summed E-state index contributed by atoms with van der Waals surface area (Å²) in [4.78, 5) is 40.4. The number of Topliss-reactive ketones (excluding diaryl/α,β-unsaturated/α-hetero) is 1. The van der Waals surface area contributed by atoms with Crippen LogP contribution in [0.25, 0.3) is 5.76 Å². The number of ketones is 1. The zero-order valence-corrected chi connectivity index (χ0v) is 19.6. The molecular formula is C25H27N3O7. The lowest BCUT2D eigenvalue weighted by atomic mass is 9.95. The van der Waals surface area contributed by atoms with Crippen molar-refractivity contribution in [2.24, 2.45) is 0 Å². The molecule has 10 nitrogen and oxygen atoms in total. The van der Waals surface area contributed by atoms with Crippen molar-refractivity contribution in [3.8, 4) is 11.5 Å². The van der Waals surface area contributed by atoms with Crippen molar-refractivity contribution < 1.29 is 29.1 Å². The first kappa shape index (κ1) is 24.2. The van der Waals surface area contributed by atoms with Gasteiger partial charge in [-0.1, -0.05) is 13.8 Å². The topological polar surface area (TPSA) is 122 Å². The maximum atomic E-state index is 13.2. The molecule has 1 N–H and O–H groups in total. The number of rotatable bonds is 8. The van der Waals surface area contributed by atoms with E-state index in [0.717, 1.165) is 13.1 Å². The van der Waals surface area contributed by atoms with Gasteiger partial charge in [-0.05, 0) is 49.0 Å². The highest BCUT2D eigenvalue weighted by molar-refractivity contribution is 6.46. The van der Waals surface area contributed by atoms with Gasteiger partial charge in [0.15, 0.2) is 11.5 Å². The van der Waals surface area contributed by atoms with Crippen molar-refractivity contribution in [3.63, 3.8) is 0 Å². The molecule has 0 bridgehead atoms. The summed E-state index contributed by atoms with van der Waals surface area (Å²) in [6.07, 6.45) is 0. The minimum Gasteiger partial charge on any atom is -0.507 e. The Balaban J connectivity index is 1.79. The molecule has 0 aromatic heterocycles. The SMILES string of the molecule is CCN(CC)CCN1C(=O)C(=O)C(=C(O)c2ccc3c(c2)OCCO3)C1c1ccc([N+](=O)[O-])cc1. The van der Waals surface area contributed by atoms with Crippen LogP contribution in [-0.2, 0) is 9.59 Å². The highest BCUT2D eigenvalue weighted by Crippen LogP contribution is 2.41. The second-order valence-electron chi connectivity index (χ2n) is 8.23. The summed E-state index contributed by atoms with van der Waals surface area (Å²) in [5.74, 6) is -0.906. The van der Waals surface area contributed by atoms with Gasteiger partial charge in [-0.3, -0.25) is 19.7 Å². The van der Waals surface area contributed by atoms with E-state index in [1.54, 1.807) is 18.2 Å². The number of nitro benzene ring substituents is 1. The highest BCUT2D eigenvalue weighted by atomic mass is 16.6. The van der Waals surface area contributed by atoms with E-state index in [9.17, 15) is 24.8 Å². The highest BCUT2D eigenvalue weighted by Gasteiger charge is 2.46. The third-order valence-corrected chi connectivity index (χ3v) is 6.33. The van der Waals surface area contributed by atoms with E-state index in [4.69, 9.17) is 9.47 Å². The fourth-order valence-corrected chi connectivity index (χ4v) is 4.37. The van der Waals surface area contributed by atoms with Crippen LogP contribution < -0.4 is 9.47 Å². The summed E-state index contributed by atoms with van der Waals surface area (Å²) >= 11 is 0. The van der Waals surface area contributed by atoms with Gasteiger partial charge in [0.05, 0.1) is 16.5 Å². The van der Waals surface area contributed by atoms with E-state index in [2.05, 4.69) is 4.90 Å². The number of aliphatic hydroxyl groups is 1. The number of carbonyl (C=O) groups is 2. The Hall–Kier alpha value is -3.92. The number of ether oxygens (including phenoxy) is 2. The molecule has 10 heteroatoms. The predicted octanol–water partition coefficient (Wildman–Crippen LogP) is 3.13. The van der Waals surface area contributed by atoms with Crippen LogP contribution in [0.15, 0.2) is 48.0 Å². The van der Waals surface area contributed by atoms with E-state index in [1.807, 2.05) is 13.8 Å². The Morgan fingerprint density at radius 3 is 2.37 bits per heavy atom. The zero-order chi connectivity index (χ0) is 25.1. The molecule has 1 fully saturated rings. The van der Waals surface area contributed by atoms with Crippen LogP contribution in [0.3, 0.4) is 0 Å². The number of amides is 1. The molecular weight excluding hydrogens is 454 g/mol. The van der Waals surface area contributed by atoms with Crippen LogP contribution in [0.2, 0.25) is 0 Å². The fraction of sp³-hybridized carbons (Fsp3) is 0.360. The van der Waals surface area contributed by atoms with Crippen molar-refractivity contribution in [3.05, 3.63) is 69.3 Å². The molecule has 1 unspecified atom stereocenters. The number of fused-ring (bicyclic) bond motifs is 1. The Kier molecular flexibility index (Phi) is 7.02. The average Bonchev–Trinajstić information content (AvgIpc) is 3.13. The third-order valence-electron chi connectivity index (χ3n) is 6.33. The first-order valence-electron chi connectivity index (χ1n) is 11.5. The van der Waals surface area contributed by atoms with E-state index < -0.39 is 22.7 Å². The van der Waals surface area contributed by atoms with Gasteiger partial charge in [0, 0.05) is 30.8 Å². The molecule has 1 atom stereocenters. The Bertz CT molecular complexity index is 1170. The standard InChI is InChI=1S/C25H27N3O7/c1-3-26(4-2)11-12-27-22(16-5-8-18(9-6-16)28(32)33)21(24(30)25(27)31)23(29)17-7-10-19-20(15-17)35-14-13-34-19/h5-10,15,22,29H,3-4,11-14H2,1-2H3. The number of hydrogen-bond acceptors (Lipinski definition) is 8. The molecule has 1 saturated heterocycles. The Labute approximate surface area is 202 Å². The van der Waals surface area contributed by atoms with Crippen molar-refractivity contribution in [1.29, 1.82) is 0 Å². The van der Waals surface area contributed by atoms with Gasteiger partial charge in [0.2, 0.25) is 0 Å². The molecule has 1 amide bonds. The lowest BCUT2D eigenvalue weighted by Crippen LogP contribution is -2.38. The molecule has 2 aromatic rings. The molecule has 35 heavy (non-hydrogen) atoms. The van der Waals surface area contributed by atoms with Gasteiger partial charge < -0.3 is 24.4 Å². The second-order valence-corrected chi connectivity index (χ2v) is 8.23. The average molecular weight is 482 g/mol.